The smallest absolute Gasteiger partial charge is 0.258 e. The number of aromatic nitrogens is 2. The van der Waals surface area contributed by atoms with Crippen molar-refractivity contribution < 1.29 is 9.53 Å². The lowest BCUT2D eigenvalue weighted by atomic mass is 9.79. The molecular weight excluding hydrogens is 370 g/mol. The lowest BCUT2D eigenvalue weighted by Crippen LogP contribution is -2.41. The molecule has 1 aromatic heterocycles. The van der Waals surface area contributed by atoms with Gasteiger partial charge in [0.1, 0.15) is 17.5 Å². The van der Waals surface area contributed by atoms with Crippen LogP contribution in [0, 0.1) is 23.2 Å². The summed E-state index contributed by atoms with van der Waals surface area (Å²) in [6.07, 6.45) is 2.16. The molecule has 1 fully saturated rings. The molecule has 150 valence electrons. The Bertz CT molecular complexity index is 1040. The molecule has 8 heteroatoms. The number of hydrogen-bond acceptors (Lipinski definition) is 6. The number of carbonyl (C=O) groups excluding carboxylic acids is 1. The fraction of sp³-hybridized carbons (Fsp3) is 0.429. The third kappa shape index (κ3) is 3.33. The maximum Gasteiger partial charge on any atom is 0.258 e. The highest BCUT2D eigenvalue weighted by Gasteiger charge is 2.41. The summed E-state index contributed by atoms with van der Waals surface area (Å²) in [6.45, 7) is 3.77. The second kappa shape index (κ2) is 7.59. The van der Waals surface area contributed by atoms with Crippen LogP contribution in [0.1, 0.15) is 36.8 Å². The maximum absolute atomic E-state index is 13.1. The van der Waals surface area contributed by atoms with E-state index >= 15 is 0 Å². The maximum atomic E-state index is 13.1. The van der Waals surface area contributed by atoms with E-state index in [1.807, 2.05) is 11.0 Å². The summed E-state index contributed by atoms with van der Waals surface area (Å²) in [5, 5.41) is 12.3. The monoisotopic (exact) mass is 393 g/mol. The Labute approximate surface area is 168 Å². The number of rotatable bonds is 3. The van der Waals surface area contributed by atoms with Crippen molar-refractivity contribution in [2.24, 2.45) is 11.8 Å². The summed E-state index contributed by atoms with van der Waals surface area (Å²) >= 11 is 0. The minimum absolute atomic E-state index is 0.217. The first-order valence-electron chi connectivity index (χ1n) is 9.76. The number of carbonyl (C=O) groups is 1. The van der Waals surface area contributed by atoms with Gasteiger partial charge < -0.3 is 15.0 Å². The van der Waals surface area contributed by atoms with Gasteiger partial charge in [-0.15, -0.1) is 0 Å². The van der Waals surface area contributed by atoms with E-state index in [2.05, 4.69) is 22.2 Å². The molecule has 1 amide bonds. The minimum atomic E-state index is -1.05. The zero-order valence-electron chi connectivity index (χ0n) is 16.4. The molecule has 2 aromatic rings. The number of aromatic amines is 1. The normalized spacial score (nSPS) is 23.7. The van der Waals surface area contributed by atoms with Gasteiger partial charge in [-0.1, -0.05) is 25.1 Å². The molecule has 4 rings (SSSR count). The van der Waals surface area contributed by atoms with Crippen LogP contribution in [0.3, 0.4) is 0 Å². The van der Waals surface area contributed by atoms with Crippen molar-refractivity contribution in [2.45, 2.75) is 25.7 Å². The Kier molecular flexibility index (Phi) is 4.97. The Morgan fingerprint density at radius 3 is 2.83 bits per heavy atom. The molecule has 0 spiro atoms. The van der Waals surface area contributed by atoms with Crippen molar-refractivity contribution in [3.05, 3.63) is 45.7 Å². The van der Waals surface area contributed by atoms with E-state index in [4.69, 9.17) is 4.74 Å². The first-order valence-corrected chi connectivity index (χ1v) is 9.76. The molecule has 29 heavy (non-hydrogen) atoms. The van der Waals surface area contributed by atoms with Gasteiger partial charge in [0.15, 0.2) is 0 Å². The number of hydrogen-bond donors (Lipinski definition) is 2. The van der Waals surface area contributed by atoms with Gasteiger partial charge in [0.2, 0.25) is 11.9 Å². The van der Waals surface area contributed by atoms with E-state index in [1.54, 1.807) is 24.3 Å². The number of fused-ring (bicyclic) bond motifs is 1. The summed E-state index contributed by atoms with van der Waals surface area (Å²) in [5.74, 6) is -0.583. The standard InChI is InChI=1S/C21H23N5O3/c1-12-6-5-9-26(11-12)21-24-18-17(20(28)25-21)16(14(10-22)19(27)23-18)13-7-3-4-8-15(13)29-2/h3-4,7-8,12,14,16H,5-6,9,11H2,1-2H3,(H2,23,24,25,27,28)/t12-,14+,16-/m0/s1. The molecule has 0 aliphatic carbocycles. The SMILES string of the molecule is COc1ccccc1[C@@H]1c2c(nc(N3CCC[C@H](C)C3)[nH]c2=O)NC(=O)[C@@H]1C#N. The number of methoxy groups -OCH3 is 1. The third-order valence-corrected chi connectivity index (χ3v) is 5.68. The number of amides is 1. The zero-order chi connectivity index (χ0) is 20.5. The first kappa shape index (κ1) is 19.0. The van der Waals surface area contributed by atoms with E-state index in [-0.39, 0.29) is 16.9 Å². The number of para-hydroxylation sites is 1. The van der Waals surface area contributed by atoms with Crippen LogP contribution in [0.15, 0.2) is 29.1 Å². The Balaban J connectivity index is 1.86. The Morgan fingerprint density at radius 2 is 2.10 bits per heavy atom. The number of nitriles is 1. The van der Waals surface area contributed by atoms with Crippen molar-refractivity contribution in [3.63, 3.8) is 0 Å². The van der Waals surface area contributed by atoms with Gasteiger partial charge in [-0.25, -0.2) is 0 Å². The van der Waals surface area contributed by atoms with Crippen LogP contribution in [0.5, 0.6) is 5.75 Å². The fourth-order valence-electron chi connectivity index (χ4n) is 4.29. The number of anilines is 2. The summed E-state index contributed by atoms with van der Waals surface area (Å²) in [5.41, 5.74) is 0.554. The lowest BCUT2D eigenvalue weighted by molar-refractivity contribution is -0.119. The number of nitrogens with one attached hydrogen (secondary N) is 2. The molecule has 2 aliphatic rings. The Morgan fingerprint density at radius 1 is 1.31 bits per heavy atom. The highest BCUT2D eigenvalue weighted by Crippen LogP contribution is 2.41. The number of ether oxygens (including phenoxy) is 1. The average molecular weight is 393 g/mol. The van der Waals surface area contributed by atoms with E-state index in [1.165, 1.54) is 7.11 Å². The number of H-pyrrole nitrogens is 1. The molecule has 0 saturated carbocycles. The molecule has 8 nitrogen and oxygen atoms in total. The predicted molar refractivity (Wildman–Crippen MR) is 108 cm³/mol. The number of nitrogens with zero attached hydrogens (tertiary/aromatic N) is 3. The van der Waals surface area contributed by atoms with Crippen molar-refractivity contribution >= 4 is 17.7 Å². The highest BCUT2D eigenvalue weighted by molar-refractivity contribution is 5.98. The number of piperidine rings is 1. The quantitative estimate of drug-likeness (QED) is 0.827. The van der Waals surface area contributed by atoms with E-state index in [0.717, 1.165) is 25.9 Å². The summed E-state index contributed by atoms with van der Waals surface area (Å²) in [7, 11) is 1.52. The van der Waals surface area contributed by atoms with Crippen molar-refractivity contribution in [1.29, 1.82) is 5.26 Å². The molecule has 0 unspecified atom stereocenters. The summed E-state index contributed by atoms with van der Waals surface area (Å²) in [4.78, 5) is 35.3. The van der Waals surface area contributed by atoms with Crippen LogP contribution < -0.4 is 20.5 Å². The second-order valence-corrected chi connectivity index (χ2v) is 7.66. The molecule has 1 aromatic carbocycles. The molecular formula is C21H23N5O3. The van der Waals surface area contributed by atoms with Crippen LogP contribution in [0.25, 0.3) is 0 Å². The second-order valence-electron chi connectivity index (χ2n) is 7.66. The largest absolute Gasteiger partial charge is 0.496 e. The van der Waals surface area contributed by atoms with Gasteiger partial charge in [-0.2, -0.15) is 10.2 Å². The van der Waals surface area contributed by atoms with Crippen molar-refractivity contribution in [2.75, 3.05) is 30.4 Å². The number of benzene rings is 1. The van der Waals surface area contributed by atoms with Gasteiger partial charge in [0.25, 0.3) is 5.56 Å². The van der Waals surface area contributed by atoms with Crippen LogP contribution in [-0.2, 0) is 4.79 Å². The molecule has 2 aliphatic heterocycles. The summed E-state index contributed by atoms with van der Waals surface area (Å²) in [6, 6.07) is 9.17. The van der Waals surface area contributed by atoms with Crippen molar-refractivity contribution in [3.8, 4) is 11.8 Å². The van der Waals surface area contributed by atoms with Crippen molar-refractivity contribution in [1.82, 2.24) is 9.97 Å². The van der Waals surface area contributed by atoms with Crippen LogP contribution in [0.2, 0.25) is 0 Å². The van der Waals surface area contributed by atoms with E-state index in [9.17, 15) is 14.9 Å². The van der Waals surface area contributed by atoms with Crippen LogP contribution in [-0.4, -0.2) is 36.1 Å². The van der Waals surface area contributed by atoms with Gasteiger partial charge in [0, 0.05) is 24.6 Å². The molecule has 3 atom stereocenters. The predicted octanol–water partition coefficient (Wildman–Crippen LogP) is 2.24. The zero-order valence-corrected chi connectivity index (χ0v) is 16.4. The molecule has 0 radical (unpaired) electrons. The van der Waals surface area contributed by atoms with Gasteiger partial charge >= 0.3 is 0 Å². The van der Waals surface area contributed by atoms with E-state index in [0.29, 0.717) is 23.2 Å². The molecule has 3 heterocycles. The molecule has 1 saturated heterocycles. The highest BCUT2D eigenvalue weighted by atomic mass is 16.5. The van der Waals surface area contributed by atoms with E-state index < -0.39 is 17.7 Å². The lowest BCUT2D eigenvalue weighted by Gasteiger charge is -2.33. The van der Waals surface area contributed by atoms with Gasteiger partial charge in [-0.3, -0.25) is 14.6 Å². The fourth-order valence-corrected chi connectivity index (χ4v) is 4.29. The van der Waals surface area contributed by atoms with Crippen LogP contribution >= 0.6 is 0 Å². The first-order chi connectivity index (χ1) is 14.0. The molecule has 0 bridgehead atoms. The van der Waals surface area contributed by atoms with Crippen LogP contribution in [0.4, 0.5) is 11.8 Å². The Hall–Kier alpha value is -3.34. The average Bonchev–Trinajstić information content (AvgIpc) is 2.72. The summed E-state index contributed by atoms with van der Waals surface area (Å²) < 4.78 is 5.43. The molecule has 2 N–H and O–H groups in total. The third-order valence-electron chi connectivity index (χ3n) is 5.68. The minimum Gasteiger partial charge on any atom is -0.496 e. The van der Waals surface area contributed by atoms with Gasteiger partial charge in [-0.05, 0) is 24.8 Å². The topological polar surface area (TPSA) is 111 Å². The van der Waals surface area contributed by atoms with Gasteiger partial charge in [0.05, 0.1) is 18.7 Å².